The van der Waals surface area contributed by atoms with Crippen molar-refractivity contribution in [3.63, 3.8) is 0 Å². The van der Waals surface area contributed by atoms with Crippen LogP contribution in [0.4, 0.5) is 4.39 Å². The zero-order valence-electron chi connectivity index (χ0n) is 18.0. The summed E-state index contributed by atoms with van der Waals surface area (Å²) in [5, 5.41) is 15.7. The third-order valence-electron chi connectivity index (χ3n) is 5.56. The van der Waals surface area contributed by atoms with Gasteiger partial charge in [-0.25, -0.2) is 4.39 Å². The molecule has 8 heteroatoms. The van der Waals surface area contributed by atoms with Gasteiger partial charge in [0.15, 0.2) is 5.84 Å². The Hall–Kier alpha value is -3.78. The first-order valence-electron chi connectivity index (χ1n) is 10.4. The Labute approximate surface area is 194 Å². The van der Waals surface area contributed by atoms with Crippen molar-refractivity contribution in [3.05, 3.63) is 94.6 Å². The van der Waals surface area contributed by atoms with E-state index in [2.05, 4.69) is 10.1 Å². The van der Waals surface area contributed by atoms with E-state index in [1.807, 2.05) is 50.2 Å². The molecule has 3 aromatic rings. The average molecular weight is 458 g/mol. The maximum absolute atomic E-state index is 14.4. The van der Waals surface area contributed by atoms with Crippen molar-refractivity contribution in [2.24, 2.45) is 10.1 Å². The summed E-state index contributed by atoms with van der Waals surface area (Å²) in [6, 6.07) is 18.3. The van der Waals surface area contributed by atoms with Gasteiger partial charge in [0.2, 0.25) is 5.17 Å². The number of aliphatic imine (C=N–C) groups is 1. The lowest BCUT2D eigenvalue weighted by Crippen LogP contribution is -2.35. The van der Waals surface area contributed by atoms with Crippen LogP contribution in [0.3, 0.4) is 0 Å². The van der Waals surface area contributed by atoms with Crippen LogP contribution in [0.15, 0.2) is 76.3 Å². The van der Waals surface area contributed by atoms with Crippen LogP contribution < -0.4 is 0 Å². The van der Waals surface area contributed by atoms with Crippen molar-refractivity contribution in [1.29, 1.82) is 5.41 Å². The number of amidine groups is 2. The first-order chi connectivity index (χ1) is 15.9. The van der Waals surface area contributed by atoms with E-state index in [4.69, 9.17) is 5.41 Å². The first-order valence-corrected chi connectivity index (χ1v) is 11.2. The first kappa shape index (κ1) is 21.1. The van der Waals surface area contributed by atoms with Crippen LogP contribution in [0.5, 0.6) is 0 Å². The van der Waals surface area contributed by atoms with Crippen LogP contribution >= 0.6 is 11.8 Å². The Bertz CT molecular complexity index is 1390. The Morgan fingerprint density at radius 1 is 1.09 bits per heavy atom. The number of aromatic nitrogens is 1. The smallest absolute Gasteiger partial charge is 0.283 e. The number of carbonyl (C=O) groups is 1. The van der Waals surface area contributed by atoms with E-state index in [0.717, 1.165) is 27.6 Å². The summed E-state index contributed by atoms with van der Waals surface area (Å²) in [4.78, 5) is 17.0. The van der Waals surface area contributed by atoms with E-state index in [-0.39, 0.29) is 17.2 Å². The number of carbonyl (C=O) groups excluding carboxylic acids is 1. The van der Waals surface area contributed by atoms with Gasteiger partial charge in [0, 0.05) is 17.8 Å². The van der Waals surface area contributed by atoms with E-state index in [0.29, 0.717) is 17.3 Å². The summed E-state index contributed by atoms with van der Waals surface area (Å²) in [5.41, 5.74) is 4.00. The zero-order valence-corrected chi connectivity index (χ0v) is 18.9. The molecule has 6 nitrogen and oxygen atoms in total. The Balaban J connectivity index is 1.47. The lowest BCUT2D eigenvalue weighted by atomic mass is 10.1. The lowest BCUT2D eigenvalue weighted by Gasteiger charge is -2.20. The summed E-state index contributed by atoms with van der Waals surface area (Å²) in [6.07, 6.45) is 2.24. The second-order valence-electron chi connectivity index (χ2n) is 7.79. The minimum absolute atomic E-state index is 0.0174. The van der Waals surface area contributed by atoms with Gasteiger partial charge in [0.1, 0.15) is 10.9 Å². The number of nitrogens with zero attached hydrogens (tertiary/aromatic N) is 4. The molecule has 33 heavy (non-hydrogen) atoms. The number of nitrogens with one attached hydrogen (secondary N) is 1. The minimum atomic E-state index is -0.481. The number of para-hydroxylation sites is 1. The summed E-state index contributed by atoms with van der Waals surface area (Å²) < 4.78 is 16.2. The molecule has 164 valence electrons. The fourth-order valence-corrected chi connectivity index (χ4v) is 4.89. The molecule has 1 amide bonds. The topological polar surface area (TPSA) is 73.8 Å². The molecule has 0 radical (unpaired) electrons. The maximum atomic E-state index is 14.4. The standard InChI is InChI=1S/C25H20FN5OS/c1-15-12-18(16(2)30(15)21-11-7-6-10-20(21)26)14-19-23(27)31-25(28-24(19)32)33-22(29-31)13-17-8-4-3-5-9-17/h3-12,14,27H,13H2,1-2H3. The van der Waals surface area contributed by atoms with Gasteiger partial charge < -0.3 is 4.57 Å². The van der Waals surface area contributed by atoms with Crippen LogP contribution in [-0.2, 0) is 11.2 Å². The lowest BCUT2D eigenvalue weighted by molar-refractivity contribution is -0.114. The number of rotatable bonds is 4. The van der Waals surface area contributed by atoms with Crippen molar-refractivity contribution in [3.8, 4) is 5.69 Å². The van der Waals surface area contributed by atoms with Gasteiger partial charge in [0.05, 0.1) is 11.3 Å². The largest absolute Gasteiger partial charge is 0.315 e. The highest BCUT2D eigenvalue weighted by Gasteiger charge is 2.35. The van der Waals surface area contributed by atoms with Crippen molar-refractivity contribution in [2.75, 3.05) is 0 Å². The van der Waals surface area contributed by atoms with E-state index in [9.17, 15) is 9.18 Å². The predicted molar refractivity (Wildman–Crippen MR) is 130 cm³/mol. The molecular weight excluding hydrogens is 437 g/mol. The summed E-state index contributed by atoms with van der Waals surface area (Å²) in [7, 11) is 0. The third kappa shape index (κ3) is 3.82. The molecule has 0 saturated carbocycles. The molecule has 0 bridgehead atoms. The summed E-state index contributed by atoms with van der Waals surface area (Å²) in [6.45, 7) is 3.74. The van der Waals surface area contributed by atoms with Gasteiger partial charge in [-0.3, -0.25) is 10.2 Å². The van der Waals surface area contributed by atoms with E-state index in [1.165, 1.54) is 22.8 Å². The van der Waals surface area contributed by atoms with Crippen molar-refractivity contribution < 1.29 is 9.18 Å². The highest BCUT2D eigenvalue weighted by Crippen LogP contribution is 2.31. The molecule has 0 fully saturated rings. The second-order valence-corrected chi connectivity index (χ2v) is 8.83. The molecule has 2 aliphatic rings. The van der Waals surface area contributed by atoms with Gasteiger partial charge in [-0.2, -0.15) is 15.1 Å². The number of halogens is 1. The molecule has 0 atom stereocenters. The quantitative estimate of drug-likeness (QED) is 0.554. The molecule has 0 saturated heterocycles. The number of benzene rings is 2. The fraction of sp³-hybridized carbons (Fsp3) is 0.120. The van der Waals surface area contributed by atoms with Crippen molar-refractivity contribution in [2.45, 2.75) is 20.3 Å². The van der Waals surface area contributed by atoms with Crippen molar-refractivity contribution >= 4 is 39.8 Å². The molecular formula is C25H20FN5OS. The Morgan fingerprint density at radius 3 is 2.58 bits per heavy atom. The third-order valence-corrected chi connectivity index (χ3v) is 6.47. The van der Waals surface area contributed by atoms with Crippen LogP contribution in [0.25, 0.3) is 11.8 Å². The Morgan fingerprint density at radius 2 is 1.82 bits per heavy atom. The van der Waals surface area contributed by atoms with Gasteiger partial charge in [0.25, 0.3) is 5.91 Å². The number of amides is 1. The van der Waals surface area contributed by atoms with Gasteiger partial charge in [-0.05, 0) is 61.0 Å². The van der Waals surface area contributed by atoms with Gasteiger partial charge in [-0.15, -0.1) is 0 Å². The van der Waals surface area contributed by atoms with Gasteiger partial charge in [-0.1, -0.05) is 42.5 Å². The molecule has 0 aliphatic carbocycles. The Kier molecular flexibility index (Phi) is 5.30. The molecule has 2 aromatic carbocycles. The van der Waals surface area contributed by atoms with Crippen LogP contribution in [0.2, 0.25) is 0 Å². The summed E-state index contributed by atoms with van der Waals surface area (Å²) in [5.74, 6) is -0.828. The number of fused-ring (bicyclic) bond motifs is 1. The number of hydrogen-bond acceptors (Lipinski definition) is 4. The van der Waals surface area contributed by atoms with Crippen molar-refractivity contribution in [1.82, 2.24) is 9.58 Å². The predicted octanol–water partition coefficient (Wildman–Crippen LogP) is 5.10. The highest BCUT2D eigenvalue weighted by atomic mass is 32.2. The van der Waals surface area contributed by atoms with E-state index < -0.39 is 5.91 Å². The molecule has 0 spiro atoms. The van der Waals surface area contributed by atoms with E-state index in [1.54, 1.807) is 28.8 Å². The average Bonchev–Trinajstić information content (AvgIpc) is 3.32. The number of aryl methyl sites for hydroxylation is 1. The van der Waals surface area contributed by atoms with Gasteiger partial charge >= 0.3 is 0 Å². The monoisotopic (exact) mass is 457 g/mol. The molecule has 2 aliphatic heterocycles. The molecule has 3 heterocycles. The molecule has 5 rings (SSSR count). The fourth-order valence-electron chi connectivity index (χ4n) is 3.97. The highest BCUT2D eigenvalue weighted by molar-refractivity contribution is 8.26. The zero-order chi connectivity index (χ0) is 23.1. The molecule has 1 N–H and O–H groups in total. The maximum Gasteiger partial charge on any atom is 0.283 e. The van der Waals surface area contributed by atoms with E-state index >= 15 is 0 Å². The van der Waals surface area contributed by atoms with Crippen LogP contribution in [-0.4, -0.2) is 31.5 Å². The molecule has 1 aromatic heterocycles. The summed E-state index contributed by atoms with van der Waals surface area (Å²) >= 11 is 1.31. The number of hydrazone groups is 1. The normalized spacial score (nSPS) is 16.8. The second kappa shape index (κ2) is 8.29. The number of thioether (sulfide) groups is 1. The SMILES string of the molecule is Cc1cc(C=C2C(=N)N3N=C(Cc4ccccc4)SC3=NC2=O)c(C)n1-c1ccccc1F. The van der Waals surface area contributed by atoms with Crippen LogP contribution in [0.1, 0.15) is 22.5 Å². The minimum Gasteiger partial charge on any atom is -0.315 e. The number of hydrogen-bond donors (Lipinski definition) is 1. The molecule has 0 unspecified atom stereocenters. The van der Waals surface area contributed by atoms with Crippen LogP contribution in [0, 0.1) is 25.1 Å².